The van der Waals surface area contributed by atoms with Gasteiger partial charge in [0.25, 0.3) is 5.91 Å². The summed E-state index contributed by atoms with van der Waals surface area (Å²) < 4.78 is 5.16. The van der Waals surface area contributed by atoms with E-state index in [2.05, 4.69) is 0 Å². The highest BCUT2D eigenvalue weighted by molar-refractivity contribution is 5.97. The van der Waals surface area contributed by atoms with Crippen molar-refractivity contribution in [3.05, 3.63) is 71.8 Å². The van der Waals surface area contributed by atoms with E-state index in [1.54, 1.807) is 0 Å². The van der Waals surface area contributed by atoms with Gasteiger partial charge in [0.1, 0.15) is 0 Å². The maximum atomic E-state index is 12.3. The molecule has 0 saturated carbocycles. The molecule has 0 bridgehead atoms. The summed E-state index contributed by atoms with van der Waals surface area (Å²) in [6.07, 6.45) is 1.18. The van der Waals surface area contributed by atoms with Gasteiger partial charge in [-0.05, 0) is 17.5 Å². The minimum atomic E-state index is -0.456. The molecule has 5 nitrogen and oxygen atoms in total. The second-order valence-electron chi connectivity index (χ2n) is 6.28. The maximum absolute atomic E-state index is 12.3. The van der Waals surface area contributed by atoms with Crippen LogP contribution in [0.4, 0.5) is 0 Å². The number of amides is 2. The van der Waals surface area contributed by atoms with Crippen LogP contribution in [0.15, 0.2) is 60.7 Å². The van der Waals surface area contributed by atoms with E-state index in [9.17, 15) is 14.4 Å². The maximum Gasteiger partial charge on any atom is 0.307 e. The summed E-state index contributed by atoms with van der Waals surface area (Å²) in [7, 11) is 0. The number of benzene rings is 2. The van der Waals surface area contributed by atoms with Crippen molar-refractivity contribution in [1.29, 1.82) is 0 Å². The summed E-state index contributed by atoms with van der Waals surface area (Å²) in [4.78, 5) is 37.1. The highest BCUT2D eigenvalue weighted by atomic mass is 16.5. The van der Waals surface area contributed by atoms with Crippen LogP contribution in [0, 0.1) is 0 Å². The normalized spacial score (nSPS) is 13.9. The lowest BCUT2D eigenvalue weighted by Crippen LogP contribution is -2.35. The smallest absolute Gasteiger partial charge is 0.307 e. The SMILES string of the molecule is O=C(CC(c1ccccc1)c1ccccc1)OCC(=O)N1CCCC1=O. The molecule has 0 unspecified atom stereocenters. The number of hydrogen-bond acceptors (Lipinski definition) is 4. The average molecular weight is 351 g/mol. The molecule has 0 atom stereocenters. The van der Waals surface area contributed by atoms with E-state index in [4.69, 9.17) is 4.74 Å². The fraction of sp³-hybridized carbons (Fsp3) is 0.286. The van der Waals surface area contributed by atoms with Gasteiger partial charge in [0.05, 0.1) is 6.42 Å². The number of ether oxygens (including phenoxy) is 1. The molecule has 5 heteroatoms. The molecular weight excluding hydrogens is 330 g/mol. The summed E-state index contributed by atoms with van der Waals surface area (Å²) in [5.74, 6) is -1.24. The predicted octanol–water partition coefficient (Wildman–Crippen LogP) is 2.90. The lowest BCUT2D eigenvalue weighted by molar-refractivity contribution is -0.154. The van der Waals surface area contributed by atoms with Gasteiger partial charge < -0.3 is 4.74 Å². The Morgan fingerprint density at radius 2 is 1.54 bits per heavy atom. The van der Waals surface area contributed by atoms with Crippen molar-refractivity contribution in [3.8, 4) is 0 Å². The molecule has 1 fully saturated rings. The van der Waals surface area contributed by atoms with Crippen LogP contribution in [0.5, 0.6) is 0 Å². The second kappa shape index (κ2) is 8.43. The van der Waals surface area contributed by atoms with Crippen LogP contribution in [0.25, 0.3) is 0 Å². The van der Waals surface area contributed by atoms with Gasteiger partial charge in [0.2, 0.25) is 5.91 Å². The van der Waals surface area contributed by atoms with Crippen LogP contribution < -0.4 is 0 Å². The number of imide groups is 1. The van der Waals surface area contributed by atoms with Crippen molar-refractivity contribution in [3.63, 3.8) is 0 Å². The molecule has 0 aliphatic carbocycles. The van der Waals surface area contributed by atoms with Crippen molar-refractivity contribution in [2.24, 2.45) is 0 Å². The number of carbonyl (C=O) groups excluding carboxylic acids is 3. The van der Waals surface area contributed by atoms with Crippen LogP contribution in [0.1, 0.15) is 36.3 Å². The molecule has 0 radical (unpaired) electrons. The van der Waals surface area contributed by atoms with Crippen molar-refractivity contribution in [1.82, 2.24) is 4.90 Å². The highest BCUT2D eigenvalue weighted by Gasteiger charge is 2.27. The topological polar surface area (TPSA) is 63.7 Å². The molecule has 2 amide bonds. The Morgan fingerprint density at radius 1 is 0.962 bits per heavy atom. The summed E-state index contributed by atoms with van der Waals surface area (Å²) in [5.41, 5.74) is 2.02. The van der Waals surface area contributed by atoms with Crippen LogP contribution in [0.3, 0.4) is 0 Å². The quantitative estimate of drug-likeness (QED) is 0.751. The Labute approximate surface area is 152 Å². The lowest BCUT2D eigenvalue weighted by atomic mass is 9.89. The van der Waals surface area contributed by atoms with Gasteiger partial charge in [-0.25, -0.2) is 0 Å². The van der Waals surface area contributed by atoms with Crippen LogP contribution in [-0.2, 0) is 19.1 Å². The third-order valence-corrected chi connectivity index (χ3v) is 4.51. The Hall–Kier alpha value is -2.95. The fourth-order valence-electron chi connectivity index (χ4n) is 3.16. The Kier molecular flexibility index (Phi) is 5.79. The van der Waals surface area contributed by atoms with E-state index in [0.29, 0.717) is 19.4 Å². The first-order valence-corrected chi connectivity index (χ1v) is 8.74. The molecule has 1 aliphatic rings. The van der Waals surface area contributed by atoms with Gasteiger partial charge in [-0.15, -0.1) is 0 Å². The van der Waals surface area contributed by atoms with Gasteiger partial charge in [-0.1, -0.05) is 60.7 Å². The van der Waals surface area contributed by atoms with Crippen molar-refractivity contribution in [2.75, 3.05) is 13.2 Å². The first-order valence-electron chi connectivity index (χ1n) is 8.74. The zero-order valence-electron chi connectivity index (χ0n) is 14.5. The molecule has 2 aromatic carbocycles. The Morgan fingerprint density at radius 3 is 2.04 bits per heavy atom. The molecule has 1 heterocycles. The predicted molar refractivity (Wildman–Crippen MR) is 96.3 cm³/mol. The fourth-order valence-corrected chi connectivity index (χ4v) is 3.16. The third kappa shape index (κ3) is 4.36. The van der Waals surface area contributed by atoms with Gasteiger partial charge in [0, 0.05) is 18.9 Å². The third-order valence-electron chi connectivity index (χ3n) is 4.51. The highest BCUT2D eigenvalue weighted by Crippen LogP contribution is 2.28. The minimum Gasteiger partial charge on any atom is -0.456 e. The molecular formula is C21H21NO4. The molecule has 134 valence electrons. The summed E-state index contributed by atoms with van der Waals surface area (Å²) >= 11 is 0. The van der Waals surface area contributed by atoms with E-state index >= 15 is 0 Å². The Balaban J connectivity index is 1.64. The van der Waals surface area contributed by atoms with Crippen LogP contribution >= 0.6 is 0 Å². The van der Waals surface area contributed by atoms with E-state index in [1.165, 1.54) is 4.90 Å². The summed E-state index contributed by atoms with van der Waals surface area (Å²) in [5, 5.41) is 0. The van der Waals surface area contributed by atoms with Gasteiger partial charge >= 0.3 is 5.97 Å². The average Bonchev–Trinajstić information content (AvgIpc) is 3.11. The zero-order chi connectivity index (χ0) is 18.4. The first-order chi connectivity index (χ1) is 12.6. The van der Waals surface area contributed by atoms with Crippen molar-refractivity contribution in [2.45, 2.75) is 25.2 Å². The van der Waals surface area contributed by atoms with Crippen molar-refractivity contribution >= 4 is 17.8 Å². The van der Waals surface area contributed by atoms with Crippen LogP contribution in [-0.4, -0.2) is 35.8 Å². The molecule has 0 N–H and O–H groups in total. The second-order valence-corrected chi connectivity index (χ2v) is 6.28. The zero-order valence-corrected chi connectivity index (χ0v) is 14.5. The number of rotatable bonds is 6. The molecule has 26 heavy (non-hydrogen) atoms. The lowest BCUT2D eigenvalue weighted by Gasteiger charge is -2.18. The molecule has 0 aromatic heterocycles. The molecule has 0 spiro atoms. The number of carbonyl (C=O) groups is 3. The van der Waals surface area contributed by atoms with Crippen molar-refractivity contribution < 1.29 is 19.1 Å². The number of likely N-dealkylation sites (tertiary alicyclic amines) is 1. The van der Waals surface area contributed by atoms with E-state index in [1.807, 2.05) is 60.7 Å². The number of hydrogen-bond donors (Lipinski definition) is 0. The van der Waals surface area contributed by atoms with Gasteiger partial charge in [0.15, 0.2) is 6.61 Å². The Bertz CT molecular complexity index is 734. The number of nitrogens with zero attached hydrogens (tertiary/aromatic N) is 1. The first kappa shape index (κ1) is 17.9. The van der Waals surface area contributed by atoms with E-state index in [0.717, 1.165) is 11.1 Å². The number of esters is 1. The minimum absolute atomic E-state index is 0.134. The molecule has 2 aromatic rings. The summed E-state index contributed by atoms with van der Waals surface area (Å²) in [6, 6.07) is 19.5. The molecule has 1 aliphatic heterocycles. The van der Waals surface area contributed by atoms with E-state index < -0.39 is 11.9 Å². The largest absolute Gasteiger partial charge is 0.456 e. The summed E-state index contributed by atoms with van der Waals surface area (Å²) in [6.45, 7) is 0.0206. The molecule has 3 rings (SSSR count). The van der Waals surface area contributed by atoms with Gasteiger partial charge in [-0.3, -0.25) is 19.3 Å². The monoisotopic (exact) mass is 351 g/mol. The molecule has 1 saturated heterocycles. The van der Waals surface area contributed by atoms with E-state index in [-0.39, 0.29) is 24.9 Å². The standard InChI is InChI=1S/C21H21NO4/c23-19-12-7-13-22(19)20(24)15-26-21(25)14-18(16-8-3-1-4-9-16)17-10-5-2-6-11-17/h1-6,8-11,18H,7,12-15H2. The van der Waals surface area contributed by atoms with Gasteiger partial charge in [-0.2, -0.15) is 0 Å². The van der Waals surface area contributed by atoms with Crippen LogP contribution in [0.2, 0.25) is 0 Å².